The molecule has 0 amide bonds. The Morgan fingerprint density at radius 3 is 2.85 bits per heavy atom. The first kappa shape index (κ1) is 8.30. The van der Waals surface area contributed by atoms with E-state index >= 15 is 0 Å². The molecule has 1 fully saturated rings. The van der Waals surface area contributed by atoms with E-state index in [1.165, 1.54) is 5.56 Å². The van der Waals surface area contributed by atoms with E-state index in [9.17, 15) is 4.79 Å². The highest BCUT2D eigenvalue weighted by Gasteiger charge is 2.23. The van der Waals surface area contributed by atoms with Gasteiger partial charge in [0.1, 0.15) is 5.78 Å². The van der Waals surface area contributed by atoms with Crippen molar-refractivity contribution in [3.8, 4) is 0 Å². The fourth-order valence-electron chi connectivity index (χ4n) is 1.91. The standard InChI is InChI=1S/C11H13NO/c12-10-3-1-2-8(6-10)9-4-5-11(13)7-9/h1-3,6,9H,4-5,7,12H2. The number of nitrogens with two attached hydrogens (primary N) is 1. The zero-order valence-corrected chi connectivity index (χ0v) is 7.49. The third kappa shape index (κ3) is 1.72. The van der Waals surface area contributed by atoms with E-state index in [1.807, 2.05) is 18.2 Å². The molecule has 68 valence electrons. The summed E-state index contributed by atoms with van der Waals surface area (Å²) in [7, 11) is 0. The van der Waals surface area contributed by atoms with Crippen molar-refractivity contribution in [1.82, 2.24) is 0 Å². The first-order valence-electron chi connectivity index (χ1n) is 4.63. The second-order valence-corrected chi connectivity index (χ2v) is 3.65. The van der Waals surface area contributed by atoms with Gasteiger partial charge >= 0.3 is 0 Å². The van der Waals surface area contributed by atoms with Gasteiger partial charge in [0.2, 0.25) is 0 Å². The molecule has 0 bridgehead atoms. The summed E-state index contributed by atoms with van der Waals surface area (Å²) in [6.45, 7) is 0. The van der Waals surface area contributed by atoms with E-state index in [4.69, 9.17) is 5.73 Å². The van der Waals surface area contributed by atoms with Crippen LogP contribution in [-0.4, -0.2) is 5.78 Å². The molecule has 13 heavy (non-hydrogen) atoms. The number of Topliss-reactive ketones (excluding diaryl/α,β-unsaturated/α-hetero) is 1. The van der Waals surface area contributed by atoms with E-state index < -0.39 is 0 Å². The van der Waals surface area contributed by atoms with E-state index in [1.54, 1.807) is 0 Å². The Morgan fingerprint density at radius 2 is 2.23 bits per heavy atom. The van der Waals surface area contributed by atoms with Crippen molar-refractivity contribution in [3.63, 3.8) is 0 Å². The third-order valence-electron chi connectivity index (χ3n) is 2.63. The maximum atomic E-state index is 11.1. The largest absolute Gasteiger partial charge is 0.399 e. The Kier molecular flexibility index (Phi) is 2.05. The minimum atomic E-state index is 0.382. The average Bonchev–Trinajstić information content (AvgIpc) is 2.52. The van der Waals surface area contributed by atoms with E-state index in [0.29, 0.717) is 18.1 Å². The second-order valence-electron chi connectivity index (χ2n) is 3.65. The maximum Gasteiger partial charge on any atom is 0.133 e. The molecule has 1 saturated carbocycles. The minimum Gasteiger partial charge on any atom is -0.399 e. The lowest BCUT2D eigenvalue weighted by atomic mass is 9.97. The van der Waals surface area contributed by atoms with Crippen molar-refractivity contribution in [2.45, 2.75) is 25.2 Å². The molecule has 1 aliphatic carbocycles. The van der Waals surface area contributed by atoms with Crippen molar-refractivity contribution >= 4 is 11.5 Å². The summed E-state index contributed by atoms with van der Waals surface area (Å²) in [5.74, 6) is 0.795. The molecule has 2 N–H and O–H groups in total. The number of carbonyl (C=O) groups is 1. The van der Waals surface area contributed by atoms with Gasteiger partial charge in [-0.25, -0.2) is 0 Å². The number of benzene rings is 1. The molecule has 1 atom stereocenters. The molecule has 2 heteroatoms. The van der Waals surface area contributed by atoms with Crippen LogP contribution in [0.2, 0.25) is 0 Å². The van der Waals surface area contributed by atoms with Gasteiger partial charge in [-0.15, -0.1) is 0 Å². The van der Waals surface area contributed by atoms with E-state index in [2.05, 4.69) is 6.07 Å². The molecule has 2 nitrogen and oxygen atoms in total. The van der Waals surface area contributed by atoms with Crippen LogP contribution in [0, 0.1) is 0 Å². The van der Waals surface area contributed by atoms with Crippen molar-refractivity contribution in [2.75, 3.05) is 5.73 Å². The summed E-state index contributed by atoms with van der Waals surface area (Å²) < 4.78 is 0. The first-order chi connectivity index (χ1) is 6.25. The fraction of sp³-hybridized carbons (Fsp3) is 0.364. The number of rotatable bonds is 1. The SMILES string of the molecule is Nc1cccc(C2CCC(=O)C2)c1. The van der Waals surface area contributed by atoms with Crippen LogP contribution in [0.4, 0.5) is 5.69 Å². The second kappa shape index (κ2) is 3.21. The maximum absolute atomic E-state index is 11.1. The molecule has 0 aliphatic heterocycles. The van der Waals surface area contributed by atoms with Crippen LogP contribution in [0.25, 0.3) is 0 Å². The Labute approximate surface area is 77.8 Å². The predicted molar refractivity (Wildman–Crippen MR) is 52.5 cm³/mol. The fourth-order valence-corrected chi connectivity index (χ4v) is 1.91. The summed E-state index contributed by atoms with van der Waals surface area (Å²) >= 11 is 0. The molecule has 0 radical (unpaired) electrons. The van der Waals surface area contributed by atoms with Crippen molar-refractivity contribution in [3.05, 3.63) is 29.8 Å². The lowest BCUT2D eigenvalue weighted by Gasteiger charge is -2.08. The van der Waals surface area contributed by atoms with Crippen LogP contribution in [0.1, 0.15) is 30.7 Å². The molecule has 0 heterocycles. The van der Waals surface area contributed by atoms with Crippen LogP contribution in [0.5, 0.6) is 0 Å². The highest BCUT2D eigenvalue weighted by molar-refractivity contribution is 5.81. The summed E-state index contributed by atoms with van der Waals surface area (Å²) in [6, 6.07) is 7.86. The Morgan fingerprint density at radius 1 is 1.38 bits per heavy atom. The molecule has 0 spiro atoms. The molecule has 1 aromatic carbocycles. The van der Waals surface area contributed by atoms with Gasteiger partial charge in [-0.3, -0.25) is 4.79 Å². The van der Waals surface area contributed by atoms with Gasteiger partial charge in [-0.05, 0) is 30.0 Å². The summed E-state index contributed by atoms with van der Waals surface area (Å²) in [4.78, 5) is 11.1. The first-order valence-corrected chi connectivity index (χ1v) is 4.63. The third-order valence-corrected chi connectivity index (χ3v) is 2.63. The highest BCUT2D eigenvalue weighted by Crippen LogP contribution is 2.32. The normalized spacial score (nSPS) is 22.2. The molecule has 1 aromatic rings. The Balaban J connectivity index is 2.21. The van der Waals surface area contributed by atoms with Crippen molar-refractivity contribution < 1.29 is 4.79 Å². The predicted octanol–water partition coefficient (Wildman–Crippen LogP) is 2.11. The summed E-state index contributed by atoms with van der Waals surface area (Å²) in [5, 5.41) is 0. The summed E-state index contributed by atoms with van der Waals surface area (Å²) in [5.41, 5.74) is 7.68. The molecule has 0 aromatic heterocycles. The number of hydrogen-bond acceptors (Lipinski definition) is 2. The van der Waals surface area contributed by atoms with Crippen molar-refractivity contribution in [1.29, 1.82) is 0 Å². The van der Waals surface area contributed by atoms with Crippen LogP contribution in [0.3, 0.4) is 0 Å². The average molecular weight is 175 g/mol. The van der Waals surface area contributed by atoms with Gasteiger partial charge in [-0.2, -0.15) is 0 Å². The zero-order chi connectivity index (χ0) is 9.26. The number of carbonyl (C=O) groups excluding carboxylic acids is 1. The van der Waals surface area contributed by atoms with Crippen LogP contribution < -0.4 is 5.73 Å². The molecular weight excluding hydrogens is 162 g/mol. The Hall–Kier alpha value is -1.31. The highest BCUT2D eigenvalue weighted by atomic mass is 16.1. The topological polar surface area (TPSA) is 43.1 Å². The Bertz CT molecular complexity index is 333. The molecule has 1 unspecified atom stereocenters. The lowest BCUT2D eigenvalue weighted by Crippen LogP contribution is -1.95. The minimum absolute atomic E-state index is 0.382. The summed E-state index contributed by atoms with van der Waals surface area (Å²) in [6.07, 6.45) is 2.42. The van der Waals surface area contributed by atoms with E-state index in [-0.39, 0.29) is 0 Å². The number of nitrogen functional groups attached to an aromatic ring is 1. The van der Waals surface area contributed by atoms with Gasteiger partial charge in [-0.1, -0.05) is 12.1 Å². The van der Waals surface area contributed by atoms with Crippen LogP contribution in [0.15, 0.2) is 24.3 Å². The van der Waals surface area contributed by atoms with Gasteiger partial charge in [0.05, 0.1) is 0 Å². The monoisotopic (exact) mass is 175 g/mol. The number of ketones is 1. The zero-order valence-electron chi connectivity index (χ0n) is 7.49. The number of anilines is 1. The van der Waals surface area contributed by atoms with Gasteiger partial charge < -0.3 is 5.73 Å². The van der Waals surface area contributed by atoms with Gasteiger partial charge in [0, 0.05) is 18.5 Å². The van der Waals surface area contributed by atoms with Gasteiger partial charge in [0.15, 0.2) is 0 Å². The number of hydrogen-bond donors (Lipinski definition) is 1. The van der Waals surface area contributed by atoms with Crippen LogP contribution >= 0.6 is 0 Å². The van der Waals surface area contributed by atoms with Gasteiger partial charge in [0.25, 0.3) is 0 Å². The quantitative estimate of drug-likeness (QED) is 0.664. The molecule has 1 aliphatic rings. The molecular formula is C11H13NO. The lowest BCUT2D eigenvalue weighted by molar-refractivity contribution is -0.117. The van der Waals surface area contributed by atoms with Crippen LogP contribution in [-0.2, 0) is 4.79 Å². The molecule has 0 saturated heterocycles. The molecule has 2 rings (SSSR count). The van der Waals surface area contributed by atoms with Crippen molar-refractivity contribution in [2.24, 2.45) is 0 Å². The van der Waals surface area contributed by atoms with E-state index in [0.717, 1.165) is 18.5 Å². The smallest absolute Gasteiger partial charge is 0.133 e.